The summed E-state index contributed by atoms with van der Waals surface area (Å²) in [5.74, 6) is 0. The van der Waals surface area contributed by atoms with Crippen molar-refractivity contribution in [3.05, 3.63) is 188 Å². The second-order valence-corrected chi connectivity index (χ2v) is 10.1. The van der Waals surface area contributed by atoms with Gasteiger partial charge in [0, 0.05) is 16.8 Å². The summed E-state index contributed by atoms with van der Waals surface area (Å²) in [6.45, 7) is 0. The minimum absolute atomic E-state index is 0.0216. The van der Waals surface area contributed by atoms with E-state index in [0.717, 1.165) is 10.8 Å². The Labute approximate surface area is 288 Å². The highest BCUT2D eigenvalue weighted by Gasteiger charge is 2.16. The van der Waals surface area contributed by atoms with Gasteiger partial charge in [0.1, 0.15) is 0 Å². The largest absolute Gasteiger partial charge is 0.310 e. The molecule has 0 aliphatic carbocycles. The molecule has 0 saturated heterocycles. The monoisotopic (exact) mass is 590 g/mol. The standard InChI is InChI=1S/C44H31N/c1-2-10-32(11-3-1)34-20-22-35(23-21-34)36-26-28-41(29-27-36)45(44-19-9-15-37-13-6-7-18-43(37)44)42-17-8-16-39(31-42)40-25-24-33-12-4-5-14-38(33)30-40/h1-31H/i1D,2D,3D,8D,10D,11D,16D,17D,20D,21D,22D,23D,26D,27D,28D,29D,31D. The molecule has 0 unspecified atom stereocenters. The summed E-state index contributed by atoms with van der Waals surface area (Å²) in [7, 11) is 0. The van der Waals surface area contributed by atoms with Crippen molar-refractivity contribution in [2.24, 2.45) is 0 Å². The van der Waals surface area contributed by atoms with Crippen molar-refractivity contribution in [3.63, 3.8) is 0 Å². The highest BCUT2D eigenvalue weighted by Crippen LogP contribution is 2.41. The van der Waals surface area contributed by atoms with Gasteiger partial charge in [-0.15, -0.1) is 0 Å². The second kappa shape index (κ2) is 11.6. The first-order valence-electron chi connectivity index (χ1n) is 22.6. The Hall–Kier alpha value is -5.92. The van der Waals surface area contributed by atoms with Crippen LogP contribution in [0.3, 0.4) is 0 Å². The maximum atomic E-state index is 9.66. The van der Waals surface area contributed by atoms with Crippen molar-refractivity contribution in [2.75, 3.05) is 4.90 Å². The molecular weight excluding hydrogens is 542 g/mol. The predicted molar refractivity (Wildman–Crippen MR) is 192 cm³/mol. The van der Waals surface area contributed by atoms with Gasteiger partial charge < -0.3 is 4.90 Å². The fraction of sp³-hybridized carbons (Fsp3) is 0. The fourth-order valence-corrected chi connectivity index (χ4v) is 5.17. The van der Waals surface area contributed by atoms with E-state index in [1.165, 1.54) is 4.90 Å². The Kier molecular flexibility index (Phi) is 3.68. The molecule has 0 saturated carbocycles. The van der Waals surface area contributed by atoms with Crippen molar-refractivity contribution in [1.29, 1.82) is 0 Å². The molecule has 212 valence electrons. The van der Waals surface area contributed by atoms with E-state index in [0.29, 0.717) is 16.3 Å². The first kappa shape index (κ1) is 14.2. The fourth-order valence-electron chi connectivity index (χ4n) is 5.17. The summed E-state index contributed by atoms with van der Waals surface area (Å²) in [6, 6.07) is 12.3. The van der Waals surface area contributed by atoms with E-state index in [9.17, 15) is 8.22 Å². The number of hydrogen-bond acceptors (Lipinski definition) is 1. The summed E-state index contributed by atoms with van der Waals surface area (Å²) in [4.78, 5) is 1.19. The third kappa shape index (κ3) is 5.26. The molecule has 8 aromatic carbocycles. The van der Waals surface area contributed by atoms with Crippen LogP contribution >= 0.6 is 0 Å². The molecule has 0 fully saturated rings. The third-order valence-electron chi connectivity index (χ3n) is 7.34. The molecule has 0 aromatic heterocycles. The zero-order valence-electron chi connectivity index (χ0n) is 40.5. The van der Waals surface area contributed by atoms with Crippen LogP contribution in [0.1, 0.15) is 23.3 Å². The summed E-state index contributed by atoms with van der Waals surface area (Å²) < 4.78 is 151. The zero-order valence-corrected chi connectivity index (χ0v) is 23.5. The van der Waals surface area contributed by atoms with Crippen molar-refractivity contribution >= 4 is 38.6 Å². The van der Waals surface area contributed by atoms with E-state index in [-0.39, 0.29) is 16.9 Å². The van der Waals surface area contributed by atoms with E-state index in [4.69, 9.17) is 15.1 Å². The highest BCUT2D eigenvalue weighted by molar-refractivity contribution is 5.99. The average molecular weight is 591 g/mol. The Morgan fingerprint density at radius 2 is 0.978 bits per heavy atom. The molecule has 0 spiro atoms. The zero-order chi connectivity index (χ0) is 44.8. The molecule has 0 aliphatic rings. The molecule has 0 atom stereocenters. The quantitative estimate of drug-likeness (QED) is 0.186. The van der Waals surface area contributed by atoms with Crippen LogP contribution in [-0.2, 0) is 0 Å². The van der Waals surface area contributed by atoms with Gasteiger partial charge in [0.25, 0.3) is 0 Å². The Morgan fingerprint density at radius 1 is 0.378 bits per heavy atom. The van der Waals surface area contributed by atoms with Gasteiger partial charge in [0.05, 0.1) is 29.0 Å². The SMILES string of the molecule is [2H]c1c([2H])c([2H])c(-c2c([2H])c([2H])c(-c3c([2H])c([2H])c(N(c4c([2H])c([2H])c([2H])c(-c5ccc6ccccc6c5)c4[2H])c4cccc5ccccc45)c([2H])c3[2H])c([2H])c2[2H])c([2H])c1[2H]. The van der Waals surface area contributed by atoms with Crippen molar-refractivity contribution < 1.29 is 23.3 Å². The number of rotatable bonds is 6. The number of anilines is 3. The molecule has 1 nitrogen and oxygen atoms in total. The molecular formula is C44H31N. The van der Waals surface area contributed by atoms with Crippen LogP contribution in [0.5, 0.6) is 0 Å². The van der Waals surface area contributed by atoms with Gasteiger partial charge in [-0.3, -0.25) is 0 Å². The first-order chi connectivity index (χ1) is 29.4. The lowest BCUT2D eigenvalue weighted by Crippen LogP contribution is -2.10. The topological polar surface area (TPSA) is 3.24 Å². The van der Waals surface area contributed by atoms with Crippen LogP contribution in [0.4, 0.5) is 17.1 Å². The molecule has 0 N–H and O–H groups in total. The normalized spacial score (nSPS) is 16.4. The average Bonchev–Trinajstić information content (AvgIpc) is 3.27. The second-order valence-electron chi connectivity index (χ2n) is 10.1. The Bertz CT molecular complexity index is 3140. The molecule has 0 amide bonds. The predicted octanol–water partition coefficient (Wildman–Crippen LogP) is 12.5. The number of nitrogens with zero attached hydrogens (tertiary/aromatic N) is 1. The first-order valence-corrected chi connectivity index (χ1v) is 14.1. The van der Waals surface area contributed by atoms with Crippen LogP contribution in [0.25, 0.3) is 54.9 Å². The maximum absolute atomic E-state index is 9.66. The van der Waals surface area contributed by atoms with Gasteiger partial charge in [-0.25, -0.2) is 0 Å². The van der Waals surface area contributed by atoms with Crippen molar-refractivity contribution in [1.82, 2.24) is 0 Å². The van der Waals surface area contributed by atoms with Crippen LogP contribution in [0, 0.1) is 0 Å². The molecule has 1 heteroatoms. The van der Waals surface area contributed by atoms with Gasteiger partial charge in [-0.2, -0.15) is 0 Å². The van der Waals surface area contributed by atoms with Gasteiger partial charge in [-0.05, 0) is 85.8 Å². The van der Waals surface area contributed by atoms with Crippen LogP contribution in [-0.4, -0.2) is 0 Å². The summed E-state index contributed by atoms with van der Waals surface area (Å²) in [5, 5.41) is 2.83. The van der Waals surface area contributed by atoms with Crippen LogP contribution in [0.2, 0.25) is 0 Å². The lowest BCUT2D eigenvalue weighted by atomic mass is 9.99. The lowest BCUT2D eigenvalue weighted by molar-refractivity contribution is 1.30. The molecule has 8 aromatic rings. The summed E-state index contributed by atoms with van der Waals surface area (Å²) in [5.41, 5.74) is -2.73. The van der Waals surface area contributed by atoms with E-state index >= 15 is 0 Å². The minimum atomic E-state index is -0.862. The van der Waals surface area contributed by atoms with E-state index in [1.807, 2.05) is 24.3 Å². The van der Waals surface area contributed by atoms with Crippen molar-refractivity contribution in [3.8, 4) is 33.4 Å². The smallest absolute Gasteiger partial charge is 0.0651 e. The molecule has 45 heavy (non-hydrogen) atoms. The molecule has 0 bridgehead atoms. The molecule has 0 aliphatic heterocycles. The lowest BCUT2D eigenvalue weighted by Gasteiger charge is -2.27. The van der Waals surface area contributed by atoms with E-state index < -0.39 is 131 Å². The van der Waals surface area contributed by atoms with Crippen molar-refractivity contribution in [2.45, 2.75) is 0 Å². The Morgan fingerprint density at radius 3 is 1.73 bits per heavy atom. The number of benzene rings is 8. The minimum Gasteiger partial charge on any atom is -0.310 e. The highest BCUT2D eigenvalue weighted by atomic mass is 15.1. The number of fused-ring (bicyclic) bond motifs is 2. The third-order valence-corrected chi connectivity index (χ3v) is 7.34. The summed E-state index contributed by atoms with van der Waals surface area (Å²) >= 11 is 0. The van der Waals surface area contributed by atoms with Gasteiger partial charge in [0.15, 0.2) is 0 Å². The van der Waals surface area contributed by atoms with Crippen LogP contribution in [0.15, 0.2) is 188 Å². The van der Waals surface area contributed by atoms with Gasteiger partial charge >= 0.3 is 0 Å². The van der Waals surface area contributed by atoms with Crippen LogP contribution < -0.4 is 4.90 Å². The molecule has 8 rings (SSSR count). The molecule has 0 radical (unpaired) electrons. The molecule has 0 heterocycles. The van der Waals surface area contributed by atoms with Gasteiger partial charge in [0.2, 0.25) is 0 Å². The van der Waals surface area contributed by atoms with Gasteiger partial charge in [-0.1, -0.05) is 151 Å². The summed E-state index contributed by atoms with van der Waals surface area (Å²) in [6.07, 6.45) is 0. The Balaban J connectivity index is 1.44. The van der Waals surface area contributed by atoms with E-state index in [1.54, 1.807) is 60.7 Å². The van der Waals surface area contributed by atoms with E-state index in [2.05, 4.69) is 0 Å². The maximum Gasteiger partial charge on any atom is 0.0651 e. The number of hydrogen-bond donors (Lipinski definition) is 0.